The predicted octanol–water partition coefficient (Wildman–Crippen LogP) is 0.429. The molecule has 0 saturated heterocycles. The van der Waals surface area contributed by atoms with E-state index in [9.17, 15) is 8.42 Å². The zero-order valence-corrected chi connectivity index (χ0v) is 8.08. The lowest BCUT2D eigenvalue weighted by atomic mass is 10.3. The average molecular weight is 199 g/mol. The van der Waals surface area contributed by atoms with Gasteiger partial charge in [-0.3, -0.25) is 5.32 Å². The molecule has 71 valence electrons. The third-order valence-corrected chi connectivity index (χ3v) is 2.58. The minimum absolute atomic E-state index is 0.229. The van der Waals surface area contributed by atoms with Crippen LogP contribution in [0.15, 0.2) is 30.3 Å². The Hall–Kier alpha value is -1.07. The Morgan fingerprint density at radius 2 is 1.92 bits per heavy atom. The first-order chi connectivity index (χ1) is 6.14. The quantitative estimate of drug-likeness (QED) is 0.764. The molecule has 0 aliphatic rings. The van der Waals surface area contributed by atoms with Crippen molar-refractivity contribution in [2.24, 2.45) is 0 Å². The number of benzene rings is 1. The van der Waals surface area contributed by atoms with Gasteiger partial charge in [-0.25, -0.2) is 13.1 Å². The summed E-state index contributed by atoms with van der Waals surface area (Å²) in [6.45, 7) is 0. The number of hydrogen-bond donors (Lipinski definition) is 1. The van der Waals surface area contributed by atoms with Gasteiger partial charge in [0.1, 0.15) is 0 Å². The van der Waals surface area contributed by atoms with E-state index in [1.165, 1.54) is 7.05 Å². The Bertz CT molecular complexity index is 348. The van der Waals surface area contributed by atoms with Gasteiger partial charge in [-0.15, -0.1) is 0 Å². The van der Waals surface area contributed by atoms with Gasteiger partial charge in [-0.05, 0) is 19.2 Å². The van der Waals surface area contributed by atoms with E-state index in [2.05, 4.69) is 10.0 Å². The second kappa shape index (κ2) is 4.25. The summed E-state index contributed by atoms with van der Waals surface area (Å²) in [4.78, 5) is 0. The van der Waals surface area contributed by atoms with E-state index in [0.717, 1.165) is 0 Å². The third-order valence-electron chi connectivity index (χ3n) is 1.48. The topological polar surface area (TPSA) is 60.3 Å². The number of sulfonamides is 1. The second-order valence-electron chi connectivity index (χ2n) is 2.44. The number of hydrogen-bond acceptors (Lipinski definition) is 2. The van der Waals surface area contributed by atoms with Crippen LogP contribution in [-0.4, -0.2) is 21.3 Å². The maximum absolute atomic E-state index is 11.0. The number of nitrogens with zero attached hydrogens (tertiary/aromatic N) is 1. The molecule has 0 amide bonds. The fourth-order valence-corrected chi connectivity index (χ4v) is 1.21. The van der Waals surface area contributed by atoms with Crippen LogP contribution in [0.25, 0.3) is 0 Å². The van der Waals surface area contributed by atoms with E-state index in [1.54, 1.807) is 12.1 Å². The van der Waals surface area contributed by atoms with Crippen LogP contribution in [0.2, 0.25) is 0 Å². The Balaban J connectivity index is 2.54. The van der Waals surface area contributed by atoms with Crippen molar-refractivity contribution in [3.05, 3.63) is 30.3 Å². The number of nitrogens with one attached hydrogen (secondary N) is 1. The maximum atomic E-state index is 11.0. The van der Waals surface area contributed by atoms with E-state index in [-0.39, 0.29) is 5.88 Å². The summed E-state index contributed by atoms with van der Waals surface area (Å²) < 4.78 is 24.1. The van der Waals surface area contributed by atoms with Gasteiger partial charge in [0.05, 0.1) is 5.69 Å². The van der Waals surface area contributed by atoms with Crippen LogP contribution in [0.3, 0.4) is 0 Å². The molecule has 1 radical (unpaired) electrons. The SMILES string of the molecule is CNS(=O)(=O)C[N]c1ccccc1. The summed E-state index contributed by atoms with van der Waals surface area (Å²) in [5, 5.41) is 3.90. The number of rotatable bonds is 4. The van der Waals surface area contributed by atoms with E-state index in [1.807, 2.05) is 18.2 Å². The Morgan fingerprint density at radius 1 is 1.31 bits per heavy atom. The lowest BCUT2D eigenvalue weighted by molar-refractivity contribution is 0.585. The molecule has 0 spiro atoms. The fraction of sp³-hybridized carbons (Fsp3) is 0.250. The molecule has 0 fully saturated rings. The molecule has 0 aliphatic heterocycles. The van der Waals surface area contributed by atoms with Crippen molar-refractivity contribution in [2.75, 3.05) is 12.9 Å². The van der Waals surface area contributed by atoms with E-state index in [0.29, 0.717) is 5.69 Å². The molecule has 0 saturated carbocycles. The monoisotopic (exact) mass is 199 g/mol. The predicted molar refractivity (Wildman–Crippen MR) is 51.1 cm³/mol. The van der Waals surface area contributed by atoms with Gasteiger partial charge in [-0.1, -0.05) is 18.2 Å². The second-order valence-corrected chi connectivity index (χ2v) is 4.34. The fourth-order valence-electron chi connectivity index (χ4n) is 0.757. The molecule has 0 unspecified atom stereocenters. The molecule has 0 aliphatic carbocycles. The normalized spacial score (nSPS) is 11.2. The Morgan fingerprint density at radius 3 is 2.46 bits per heavy atom. The van der Waals surface area contributed by atoms with Crippen LogP contribution in [0, 0.1) is 0 Å². The summed E-state index contributed by atoms with van der Waals surface area (Å²) in [7, 11) is -1.86. The summed E-state index contributed by atoms with van der Waals surface area (Å²) >= 11 is 0. The molecule has 1 rings (SSSR count). The molecule has 1 aromatic carbocycles. The zero-order valence-electron chi connectivity index (χ0n) is 7.27. The highest BCUT2D eigenvalue weighted by Gasteiger charge is 2.06. The highest BCUT2D eigenvalue weighted by molar-refractivity contribution is 7.89. The Kier molecular flexibility index (Phi) is 3.27. The molecule has 0 aromatic heterocycles. The molecular weight excluding hydrogens is 188 g/mol. The Labute approximate surface area is 78.0 Å². The molecule has 0 bridgehead atoms. The van der Waals surface area contributed by atoms with Gasteiger partial charge in [0.2, 0.25) is 10.0 Å². The molecule has 5 heteroatoms. The highest BCUT2D eigenvalue weighted by atomic mass is 32.2. The molecule has 1 N–H and O–H groups in total. The molecule has 0 atom stereocenters. The summed E-state index contributed by atoms with van der Waals surface area (Å²) in [6.07, 6.45) is 0. The zero-order chi connectivity index (χ0) is 9.73. The van der Waals surface area contributed by atoms with E-state index in [4.69, 9.17) is 0 Å². The van der Waals surface area contributed by atoms with Gasteiger partial charge in [0.15, 0.2) is 5.88 Å². The van der Waals surface area contributed by atoms with Crippen LogP contribution in [0.1, 0.15) is 0 Å². The smallest absolute Gasteiger partial charge is 0.231 e. The lowest BCUT2D eigenvalue weighted by Crippen LogP contribution is -2.25. The van der Waals surface area contributed by atoms with Crippen molar-refractivity contribution in [1.82, 2.24) is 10.0 Å². The van der Waals surface area contributed by atoms with Crippen molar-refractivity contribution >= 4 is 15.7 Å². The van der Waals surface area contributed by atoms with Gasteiger partial charge in [0, 0.05) is 0 Å². The standard InChI is InChI=1S/C8H11N2O2S/c1-9-13(11,12)7-10-8-5-3-2-4-6-8/h2-6,9H,7H2,1H3. The average Bonchev–Trinajstić information content (AvgIpc) is 2.17. The van der Waals surface area contributed by atoms with Gasteiger partial charge in [-0.2, -0.15) is 0 Å². The van der Waals surface area contributed by atoms with Crippen LogP contribution in [0.4, 0.5) is 5.69 Å². The van der Waals surface area contributed by atoms with E-state index < -0.39 is 10.0 Å². The molecule has 0 heterocycles. The van der Waals surface area contributed by atoms with Crippen LogP contribution in [-0.2, 0) is 10.0 Å². The van der Waals surface area contributed by atoms with Gasteiger partial charge < -0.3 is 0 Å². The van der Waals surface area contributed by atoms with Gasteiger partial charge >= 0.3 is 0 Å². The van der Waals surface area contributed by atoms with Crippen molar-refractivity contribution < 1.29 is 8.42 Å². The van der Waals surface area contributed by atoms with Crippen molar-refractivity contribution in [3.8, 4) is 0 Å². The van der Waals surface area contributed by atoms with Crippen molar-refractivity contribution in [3.63, 3.8) is 0 Å². The molecule has 1 aromatic rings. The largest absolute Gasteiger partial charge is 0.268 e. The minimum Gasteiger partial charge on any atom is -0.268 e. The molecule has 13 heavy (non-hydrogen) atoms. The molecular formula is C8H11N2O2S. The summed E-state index contributed by atoms with van der Waals surface area (Å²) in [5.74, 6) is -0.229. The maximum Gasteiger partial charge on any atom is 0.231 e. The first-order valence-corrected chi connectivity index (χ1v) is 5.43. The van der Waals surface area contributed by atoms with E-state index >= 15 is 0 Å². The summed E-state index contributed by atoms with van der Waals surface area (Å²) in [5.41, 5.74) is 0.668. The van der Waals surface area contributed by atoms with Crippen LogP contribution in [0.5, 0.6) is 0 Å². The van der Waals surface area contributed by atoms with Gasteiger partial charge in [0.25, 0.3) is 0 Å². The summed E-state index contributed by atoms with van der Waals surface area (Å²) in [6, 6.07) is 8.98. The minimum atomic E-state index is -3.23. The molecule has 4 nitrogen and oxygen atoms in total. The van der Waals surface area contributed by atoms with Crippen LogP contribution < -0.4 is 10.0 Å². The first-order valence-electron chi connectivity index (χ1n) is 3.78. The number of para-hydroxylation sites is 1. The van der Waals surface area contributed by atoms with Crippen molar-refractivity contribution in [1.29, 1.82) is 0 Å². The van der Waals surface area contributed by atoms with Crippen molar-refractivity contribution in [2.45, 2.75) is 0 Å². The van der Waals surface area contributed by atoms with Crippen LogP contribution >= 0.6 is 0 Å². The highest BCUT2D eigenvalue weighted by Crippen LogP contribution is 2.04. The first kappa shape index (κ1) is 10.0. The third kappa shape index (κ3) is 3.43. The lowest BCUT2D eigenvalue weighted by Gasteiger charge is -2.02.